The van der Waals surface area contributed by atoms with Gasteiger partial charge in [0, 0.05) is 43.3 Å². The molecule has 1 aliphatic heterocycles. The number of anilines is 1. The highest BCUT2D eigenvalue weighted by Crippen LogP contribution is 2.35. The first-order valence-electron chi connectivity index (χ1n) is 10.5. The van der Waals surface area contributed by atoms with E-state index in [9.17, 15) is 18.0 Å². The first-order chi connectivity index (χ1) is 15.4. The van der Waals surface area contributed by atoms with Gasteiger partial charge in [0.1, 0.15) is 11.5 Å². The molecule has 4 rings (SSSR count). The van der Waals surface area contributed by atoms with Gasteiger partial charge in [-0.15, -0.1) is 0 Å². The Hall–Kier alpha value is -2.88. The van der Waals surface area contributed by atoms with Gasteiger partial charge in [-0.25, -0.2) is 14.8 Å². The fourth-order valence-corrected chi connectivity index (χ4v) is 4.54. The Balaban J connectivity index is 1.54. The Morgan fingerprint density at radius 1 is 1.25 bits per heavy atom. The summed E-state index contributed by atoms with van der Waals surface area (Å²) in [5.74, 6) is 0.864. The second-order valence-corrected chi connectivity index (χ2v) is 8.55. The molecule has 4 heterocycles. The molecule has 170 valence electrons. The smallest absolute Gasteiger partial charge is 0.369 e. The number of piperidine rings is 1. The van der Waals surface area contributed by atoms with E-state index in [4.69, 9.17) is 0 Å². The highest BCUT2D eigenvalue weighted by molar-refractivity contribution is 7.08. The van der Waals surface area contributed by atoms with Crippen LogP contribution in [0.25, 0.3) is 22.0 Å². The van der Waals surface area contributed by atoms with E-state index in [0.29, 0.717) is 48.9 Å². The molecule has 3 aromatic heterocycles. The molecule has 1 fully saturated rings. The number of amides is 2. The summed E-state index contributed by atoms with van der Waals surface area (Å²) in [6.45, 7) is 4.48. The first-order valence-corrected chi connectivity index (χ1v) is 11.5. The van der Waals surface area contributed by atoms with E-state index < -0.39 is 11.9 Å². The van der Waals surface area contributed by atoms with Gasteiger partial charge in [0.25, 0.3) is 0 Å². The zero-order chi connectivity index (χ0) is 22.7. The Bertz CT molecular complexity index is 1080. The summed E-state index contributed by atoms with van der Waals surface area (Å²) in [4.78, 5) is 22.2. The Morgan fingerprint density at radius 2 is 2.03 bits per heavy atom. The van der Waals surface area contributed by atoms with Gasteiger partial charge in [-0.05, 0) is 60.2 Å². The standard InChI is InChI=1S/C22H24F3N5OS/c1-2-26-21(31)30-8-5-14(6-9-30)11-27-20-16-3-4-18(22(23,24)25)29-19(16)17(12-28-20)15-7-10-32-13-15/h3-4,7,10,12-14H,2,5-6,8-9,11H2,1H3,(H,26,31)(H,27,28). The number of nitrogens with zero attached hydrogens (tertiary/aromatic N) is 3. The third kappa shape index (κ3) is 4.79. The van der Waals surface area contributed by atoms with Gasteiger partial charge in [0.15, 0.2) is 0 Å². The molecule has 0 bridgehead atoms. The number of likely N-dealkylation sites (tertiary alicyclic amines) is 1. The van der Waals surface area contributed by atoms with Crippen LogP contribution in [0.5, 0.6) is 0 Å². The molecule has 0 aromatic carbocycles. The fourth-order valence-electron chi connectivity index (χ4n) is 3.89. The minimum Gasteiger partial charge on any atom is -0.369 e. The van der Waals surface area contributed by atoms with E-state index in [1.807, 2.05) is 28.7 Å². The highest BCUT2D eigenvalue weighted by Gasteiger charge is 2.33. The molecular formula is C22H24F3N5OS. The van der Waals surface area contributed by atoms with Gasteiger partial charge >= 0.3 is 12.2 Å². The number of fused-ring (bicyclic) bond motifs is 1. The number of alkyl halides is 3. The van der Waals surface area contributed by atoms with E-state index in [0.717, 1.165) is 24.5 Å². The van der Waals surface area contributed by atoms with Gasteiger partial charge in [0.05, 0.1) is 5.52 Å². The molecule has 0 spiro atoms. The molecule has 10 heteroatoms. The largest absolute Gasteiger partial charge is 0.433 e. The van der Waals surface area contributed by atoms with Crippen molar-refractivity contribution < 1.29 is 18.0 Å². The number of hydrogen-bond donors (Lipinski definition) is 2. The summed E-state index contributed by atoms with van der Waals surface area (Å²) in [6.07, 6.45) is -1.23. The van der Waals surface area contributed by atoms with Gasteiger partial charge in [0.2, 0.25) is 0 Å². The molecule has 0 aliphatic carbocycles. The van der Waals surface area contributed by atoms with Crippen molar-refractivity contribution in [1.82, 2.24) is 20.2 Å². The number of nitrogens with one attached hydrogen (secondary N) is 2. The van der Waals surface area contributed by atoms with Crippen molar-refractivity contribution in [3.63, 3.8) is 0 Å². The van der Waals surface area contributed by atoms with Crippen LogP contribution in [0.3, 0.4) is 0 Å². The van der Waals surface area contributed by atoms with E-state index in [1.165, 1.54) is 17.4 Å². The van der Waals surface area contributed by atoms with Crippen molar-refractivity contribution in [3.05, 3.63) is 40.8 Å². The summed E-state index contributed by atoms with van der Waals surface area (Å²) >= 11 is 1.47. The predicted octanol–water partition coefficient (Wildman–Crippen LogP) is 5.23. The number of pyridine rings is 2. The third-order valence-corrected chi connectivity index (χ3v) is 6.32. The number of rotatable bonds is 5. The molecule has 0 radical (unpaired) electrons. The molecule has 6 nitrogen and oxygen atoms in total. The van der Waals surface area contributed by atoms with Gasteiger partial charge in [-0.1, -0.05) is 0 Å². The minimum absolute atomic E-state index is 0.0397. The molecule has 2 amide bonds. The number of urea groups is 1. The number of carbonyl (C=O) groups is 1. The van der Waals surface area contributed by atoms with Crippen molar-refractivity contribution in [1.29, 1.82) is 0 Å². The second kappa shape index (κ2) is 9.32. The zero-order valence-electron chi connectivity index (χ0n) is 17.6. The van der Waals surface area contributed by atoms with Crippen LogP contribution in [-0.2, 0) is 6.18 Å². The Morgan fingerprint density at radius 3 is 2.69 bits per heavy atom. The van der Waals surface area contributed by atoms with Crippen LogP contribution >= 0.6 is 11.3 Å². The molecule has 0 unspecified atom stereocenters. The highest BCUT2D eigenvalue weighted by atomic mass is 32.1. The van der Waals surface area contributed by atoms with Crippen molar-refractivity contribution in [3.8, 4) is 11.1 Å². The first kappa shape index (κ1) is 22.3. The van der Waals surface area contributed by atoms with Crippen LogP contribution in [-0.4, -0.2) is 47.1 Å². The van der Waals surface area contributed by atoms with E-state index in [2.05, 4.69) is 20.6 Å². The molecule has 1 saturated heterocycles. The maximum absolute atomic E-state index is 13.3. The summed E-state index contributed by atoms with van der Waals surface area (Å²) in [7, 11) is 0. The lowest BCUT2D eigenvalue weighted by Gasteiger charge is -2.32. The minimum atomic E-state index is -4.52. The summed E-state index contributed by atoms with van der Waals surface area (Å²) < 4.78 is 39.9. The summed E-state index contributed by atoms with van der Waals surface area (Å²) in [5.41, 5.74) is 0.731. The maximum atomic E-state index is 13.3. The predicted molar refractivity (Wildman–Crippen MR) is 120 cm³/mol. The number of thiophene rings is 1. The zero-order valence-corrected chi connectivity index (χ0v) is 18.4. The van der Waals surface area contributed by atoms with Crippen LogP contribution < -0.4 is 10.6 Å². The SMILES string of the molecule is CCNC(=O)N1CCC(CNc2ncc(-c3ccsc3)c3nc(C(F)(F)F)ccc23)CC1. The van der Waals surface area contributed by atoms with Gasteiger partial charge < -0.3 is 15.5 Å². The second-order valence-electron chi connectivity index (χ2n) is 7.77. The average Bonchev–Trinajstić information content (AvgIpc) is 3.31. The van der Waals surface area contributed by atoms with Crippen LogP contribution in [0.4, 0.5) is 23.8 Å². The molecule has 32 heavy (non-hydrogen) atoms. The van der Waals surface area contributed by atoms with Crippen molar-refractivity contribution in [2.45, 2.75) is 25.9 Å². The molecule has 3 aromatic rings. The Labute approximate surface area is 187 Å². The molecular weight excluding hydrogens is 439 g/mol. The average molecular weight is 464 g/mol. The number of aromatic nitrogens is 2. The van der Waals surface area contributed by atoms with E-state index >= 15 is 0 Å². The fraction of sp³-hybridized carbons (Fsp3) is 0.409. The number of halogens is 3. The monoisotopic (exact) mass is 463 g/mol. The van der Waals surface area contributed by atoms with Gasteiger partial charge in [-0.2, -0.15) is 24.5 Å². The lowest BCUT2D eigenvalue weighted by atomic mass is 9.97. The van der Waals surface area contributed by atoms with E-state index in [-0.39, 0.29) is 11.5 Å². The maximum Gasteiger partial charge on any atom is 0.433 e. The number of carbonyl (C=O) groups excluding carboxylic acids is 1. The van der Waals surface area contributed by atoms with Crippen molar-refractivity contribution >= 4 is 34.1 Å². The lowest BCUT2D eigenvalue weighted by Crippen LogP contribution is -2.45. The van der Waals surface area contributed by atoms with Crippen molar-refractivity contribution in [2.75, 3.05) is 31.5 Å². The third-order valence-electron chi connectivity index (χ3n) is 5.64. The summed E-state index contributed by atoms with van der Waals surface area (Å²) in [6, 6.07) is 4.24. The topological polar surface area (TPSA) is 70.2 Å². The van der Waals surface area contributed by atoms with Crippen LogP contribution in [0, 0.1) is 5.92 Å². The number of hydrogen-bond acceptors (Lipinski definition) is 5. The molecule has 0 atom stereocenters. The van der Waals surface area contributed by atoms with Crippen molar-refractivity contribution in [2.24, 2.45) is 5.92 Å². The van der Waals surface area contributed by atoms with Crippen LogP contribution in [0.15, 0.2) is 35.2 Å². The molecule has 2 N–H and O–H groups in total. The van der Waals surface area contributed by atoms with Crippen LogP contribution in [0.1, 0.15) is 25.5 Å². The van der Waals surface area contributed by atoms with Crippen LogP contribution in [0.2, 0.25) is 0 Å². The Kier molecular flexibility index (Phi) is 6.50. The lowest BCUT2D eigenvalue weighted by molar-refractivity contribution is -0.140. The molecule has 0 saturated carbocycles. The summed E-state index contributed by atoms with van der Waals surface area (Å²) in [5, 5.41) is 10.4. The quantitative estimate of drug-likeness (QED) is 0.544. The van der Waals surface area contributed by atoms with Gasteiger partial charge in [-0.3, -0.25) is 0 Å². The molecule has 1 aliphatic rings. The normalized spacial score (nSPS) is 15.2. The van der Waals surface area contributed by atoms with E-state index in [1.54, 1.807) is 6.20 Å².